The lowest BCUT2D eigenvalue weighted by Crippen LogP contribution is -2.56. The van der Waals surface area contributed by atoms with E-state index in [1.807, 2.05) is 30.9 Å². The second-order valence-corrected chi connectivity index (χ2v) is 8.74. The van der Waals surface area contributed by atoms with Gasteiger partial charge in [0, 0.05) is 37.8 Å². The van der Waals surface area contributed by atoms with Crippen LogP contribution in [0.3, 0.4) is 0 Å². The summed E-state index contributed by atoms with van der Waals surface area (Å²) in [6.07, 6.45) is 2.67. The van der Waals surface area contributed by atoms with Crippen molar-refractivity contribution in [1.29, 1.82) is 0 Å². The first-order valence-electron chi connectivity index (χ1n) is 10.0. The molecule has 3 amide bonds. The molecule has 0 aliphatic carbocycles. The van der Waals surface area contributed by atoms with E-state index in [2.05, 4.69) is 22.2 Å². The molecule has 5 rings (SSSR count). The van der Waals surface area contributed by atoms with Gasteiger partial charge in [0.2, 0.25) is 0 Å². The first-order valence-corrected chi connectivity index (χ1v) is 10.0. The second-order valence-electron chi connectivity index (χ2n) is 8.74. The summed E-state index contributed by atoms with van der Waals surface area (Å²) in [5.74, 6) is 0.255. The summed E-state index contributed by atoms with van der Waals surface area (Å²) in [6, 6.07) is 7.23. The zero-order chi connectivity index (χ0) is 20.3. The van der Waals surface area contributed by atoms with Crippen LogP contribution in [0, 0.1) is 19.3 Å². The second kappa shape index (κ2) is 6.29. The molecule has 7 nitrogen and oxygen atoms in total. The van der Waals surface area contributed by atoms with Crippen LogP contribution in [0.25, 0.3) is 0 Å². The van der Waals surface area contributed by atoms with E-state index >= 15 is 0 Å². The monoisotopic (exact) mass is 391 g/mol. The maximum Gasteiger partial charge on any atom is 0.330 e. The molecular weight excluding hydrogens is 366 g/mol. The van der Waals surface area contributed by atoms with Crippen molar-refractivity contribution in [3.05, 3.63) is 47.2 Å². The Bertz CT molecular complexity index is 1030. The summed E-state index contributed by atoms with van der Waals surface area (Å²) < 4.78 is 0. The van der Waals surface area contributed by atoms with Crippen LogP contribution in [0.5, 0.6) is 0 Å². The van der Waals surface area contributed by atoms with Crippen LogP contribution in [0.2, 0.25) is 0 Å². The van der Waals surface area contributed by atoms with E-state index in [9.17, 15) is 9.59 Å². The third-order valence-electron chi connectivity index (χ3n) is 6.46. The van der Waals surface area contributed by atoms with Crippen molar-refractivity contribution in [2.45, 2.75) is 20.3 Å². The molecule has 0 unspecified atom stereocenters. The van der Waals surface area contributed by atoms with Gasteiger partial charge in [0.25, 0.3) is 5.91 Å². The Labute approximate surface area is 170 Å². The quantitative estimate of drug-likeness (QED) is 0.749. The number of aromatic nitrogens is 1. The van der Waals surface area contributed by atoms with Crippen molar-refractivity contribution in [2.24, 2.45) is 5.41 Å². The smallest absolute Gasteiger partial charge is 0.323 e. The Hall–Kier alpha value is -2.93. The van der Waals surface area contributed by atoms with Crippen molar-refractivity contribution in [2.75, 3.05) is 43.4 Å². The lowest BCUT2D eigenvalue weighted by molar-refractivity contribution is 0.0339. The number of fused-ring (bicyclic) bond motifs is 2. The van der Waals surface area contributed by atoms with E-state index < -0.39 is 0 Å². The van der Waals surface area contributed by atoms with Gasteiger partial charge in [0.05, 0.1) is 16.9 Å². The van der Waals surface area contributed by atoms with Gasteiger partial charge in [0.1, 0.15) is 0 Å². The summed E-state index contributed by atoms with van der Waals surface area (Å²) in [7, 11) is 2.11. The maximum atomic E-state index is 13.8. The van der Waals surface area contributed by atoms with Crippen LogP contribution in [-0.2, 0) is 0 Å². The van der Waals surface area contributed by atoms with Crippen molar-refractivity contribution in [3.8, 4) is 0 Å². The molecule has 0 saturated carbocycles. The third-order valence-corrected chi connectivity index (χ3v) is 6.46. The van der Waals surface area contributed by atoms with Gasteiger partial charge in [-0.25, -0.2) is 14.7 Å². The number of likely N-dealkylation sites (tertiary alicyclic amines) is 2. The van der Waals surface area contributed by atoms with Gasteiger partial charge < -0.3 is 15.1 Å². The minimum Gasteiger partial charge on any atom is -0.323 e. The number of urea groups is 1. The van der Waals surface area contributed by atoms with Crippen molar-refractivity contribution in [3.63, 3.8) is 0 Å². The van der Waals surface area contributed by atoms with E-state index in [0.29, 0.717) is 22.8 Å². The van der Waals surface area contributed by atoms with Gasteiger partial charge in [-0.05, 0) is 62.7 Å². The van der Waals surface area contributed by atoms with Crippen molar-refractivity contribution >= 4 is 29.1 Å². The molecule has 7 heteroatoms. The fraction of sp³-hybridized carbons (Fsp3) is 0.409. The molecule has 150 valence electrons. The number of carbonyl (C=O) groups excluding carboxylic acids is 2. The van der Waals surface area contributed by atoms with E-state index in [0.717, 1.165) is 43.7 Å². The fourth-order valence-corrected chi connectivity index (χ4v) is 4.93. The van der Waals surface area contributed by atoms with Gasteiger partial charge in [-0.3, -0.25) is 4.79 Å². The lowest BCUT2D eigenvalue weighted by atomic mass is 9.79. The maximum absolute atomic E-state index is 13.8. The van der Waals surface area contributed by atoms with Crippen LogP contribution in [0.4, 0.5) is 22.0 Å². The van der Waals surface area contributed by atoms with E-state index in [4.69, 9.17) is 0 Å². The fourth-order valence-electron chi connectivity index (χ4n) is 4.93. The zero-order valence-corrected chi connectivity index (χ0v) is 17.0. The van der Waals surface area contributed by atoms with Gasteiger partial charge >= 0.3 is 6.03 Å². The molecule has 1 N–H and O–H groups in total. The van der Waals surface area contributed by atoms with Gasteiger partial charge in [-0.1, -0.05) is 0 Å². The molecule has 29 heavy (non-hydrogen) atoms. The summed E-state index contributed by atoms with van der Waals surface area (Å²) in [4.78, 5) is 37.0. The number of anilines is 3. The standard InChI is InChI=1S/C22H25N5O2/c1-14-9-16-18(10-15(14)2)27(19-17(24-20(16)28)5-4-7-23-19)21(29)26-8-6-22(13-26)11-25(3)12-22/h4-5,7,9-10H,6,8,11-13H2,1-3H3,(H,24,28). The highest BCUT2D eigenvalue weighted by Crippen LogP contribution is 2.42. The number of benzene rings is 1. The van der Waals surface area contributed by atoms with Crippen molar-refractivity contribution in [1.82, 2.24) is 14.8 Å². The average molecular weight is 391 g/mol. The summed E-state index contributed by atoms with van der Waals surface area (Å²) >= 11 is 0. The van der Waals surface area contributed by atoms with Crippen LogP contribution >= 0.6 is 0 Å². The highest BCUT2D eigenvalue weighted by Gasteiger charge is 2.48. The number of carbonyl (C=O) groups is 2. The Kier molecular flexibility index (Phi) is 3.93. The zero-order valence-electron chi connectivity index (χ0n) is 17.0. The van der Waals surface area contributed by atoms with Crippen molar-refractivity contribution < 1.29 is 9.59 Å². The molecule has 3 aliphatic rings. The number of aryl methyl sites for hydroxylation is 2. The summed E-state index contributed by atoms with van der Waals surface area (Å²) in [5, 5.41) is 2.92. The number of hydrogen-bond donors (Lipinski definition) is 1. The predicted molar refractivity (Wildman–Crippen MR) is 112 cm³/mol. The predicted octanol–water partition coefficient (Wildman–Crippen LogP) is 3.16. The van der Waals surface area contributed by atoms with E-state index in [-0.39, 0.29) is 17.4 Å². The first kappa shape index (κ1) is 18.1. The number of amides is 3. The van der Waals surface area contributed by atoms with Crippen LogP contribution in [0.15, 0.2) is 30.5 Å². The molecule has 2 fully saturated rings. The Morgan fingerprint density at radius 3 is 2.69 bits per heavy atom. The first-order chi connectivity index (χ1) is 13.9. The van der Waals surface area contributed by atoms with Gasteiger partial charge in [-0.2, -0.15) is 0 Å². The van der Waals surface area contributed by atoms with Crippen LogP contribution < -0.4 is 10.2 Å². The normalized spacial score (nSPS) is 20.0. The number of hydrogen-bond acceptors (Lipinski definition) is 4. The van der Waals surface area contributed by atoms with Gasteiger partial charge in [0.15, 0.2) is 5.82 Å². The molecule has 0 atom stereocenters. The molecule has 4 heterocycles. The Morgan fingerprint density at radius 2 is 1.93 bits per heavy atom. The minimum atomic E-state index is -0.217. The molecule has 1 spiro atoms. The molecule has 1 aromatic carbocycles. The highest BCUT2D eigenvalue weighted by molar-refractivity contribution is 6.17. The molecule has 2 aromatic rings. The number of rotatable bonds is 0. The topological polar surface area (TPSA) is 68.8 Å². The third kappa shape index (κ3) is 2.80. The minimum absolute atomic E-state index is 0.114. The van der Waals surface area contributed by atoms with E-state index in [1.54, 1.807) is 23.2 Å². The van der Waals surface area contributed by atoms with Gasteiger partial charge in [-0.15, -0.1) is 0 Å². The van der Waals surface area contributed by atoms with E-state index in [1.165, 1.54) is 0 Å². The molecular formula is C22H25N5O2. The molecule has 1 aromatic heterocycles. The Balaban J connectivity index is 1.60. The highest BCUT2D eigenvalue weighted by atomic mass is 16.2. The lowest BCUT2D eigenvalue weighted by Gasteiger charge is -2.46. The summed E-state index contributed by atoms with van der Waals surface area (Å²) in [6.45, 7) is 7.50. The molecule has 3 aliphatic heterocycles. The average Bonchev–Trinajstić information content (AvgIpc) is 3.06. The number of nitrogens with zero attached hydrogens (tertiary/aromatic N) is 4. The molecule has 0 bridgehead atoms. The Morgan fingerprint density at radius 1 is 1.17 bits per heavy atom. The molecule has 2 saturated heterocycles. The van der Waals surface area contributed by atoms with Crippen LogP contribution in [-0.4, -0.2) is 59.9 Å². The van der Waals surface area contributed by atoms with Crippen LogP contribution in [0.1, 0.15) is 27.9 Å². The number of nitrogens with one attached hydrogen (secondary N) is 1. The number of pyridine rings is 1. The molecule has 0 radical (unpaired) electrons. The largest absolute Gasteiger partial charge is 0.330 e. The SMILES string of the molecule is Cc1cc2c(cc1C)N(C(=O)N1CCC3(CN(C)C3)C1)c1ncccc1NC2=O. The summed E-state index contributed by atoms with van der Waals surface area (Å²) in [5.41, 5.74) is 3.91.